The van der Waals surface area contributed by atoms with E-state index in [1.165, 1.54) is 0 Å². The van der Waals surface area contributed by atoms with Crippen molar-refractivity contribution in [2.45, 2.75) is 61.9 Å². The van der Waals surface area contributed by atoms with Crippen LogP contribution in [0.1, 0.15) is 39.2 Å². The lowest BCUT2D eigenvalue weighted by Gasteiger charge is -2.47. The molecule has 1 saturated heterocycles. The van der Waals surface area contributed by atoms with Gasteiger partial charge in [0.15, 0.2) is 9.84 Å². The minimum atomic E-state index is -3.42. The summed E-state index contributed by atoms with van der Waals surface area (Å²) in [6.07, 6.45) is 0.354. The number of para-hydroxylation sites is 1. The number of nitrogens with two attached hydrogens (primary N) is 1. The van der Waals surface area contributed by atoms with Gasteiger partial charge in [0.05, 0.1) is 15.8 Å². The highest BCUT2D eigenvalue weighted by Gasteiger charge is 2.53. The summed E-state index contributed by atoms with van der Waals surface area (Å²) in [6.45, 7) is 5.72. The van der Waals surface area contributed by atoms with E-state index in [1.807, 2.05) is 61.5 Å². The smallest absolute Gasteiger partial charge is 0.410 e. The van der Waals surface area contributed by atoms with Crippen LogP contribution in [0.3, 0.4) is 0 Å². The zero-order chi connectivity index (χ0) is 29.4. The molecule has 2 heterocycles. The molecule has 0 radical (unpaired) electrons. The quantitative estimate of drug-likeness (QED) is 0.421. The number of urea groups is 1. The van der Waals surface area contributed by atoms with Gasteiger partial charge in [-0.2, -0.15) is 4.99 Å². The Kier molecular flexibility index (Phi) is 7.61. The zero-order valence-corrected chi connectivity index (χ0v) is 24.2. The largest absolute Gasteiger partial charge is 0.445 e. The second-order valence-corrected chi connectivity index (χ2v) is 13.3. The van der Waals surface area contributed by atoms with Gasteiger partial charge in [-0.25, -0.2) is 18.0 Å². The molecule has 10 heteroatoms. The second kappa shape index (κ2) is 11.0. The molecule has 41 heavy (non-hydrogen) atoms. The molecule has 1 spiro atoms. The average Bonchev–Trinajstić information content (AvgIpc) is 3.19. The van der Waals surface area contributed by atoms with Crippen molar-refractivity contribution in [1.82, 2.24) is 4.90 Å². The Morgan fingerprint density at radius 1 is 1.05 bits per heavy atom. The van der Waals surface area contributed by atoms with Gasteiger partial charge in [0.2, 0.25) is 0 Å². The Bertz CT molecular complexity index is 1590. The molecule has 5 rings (SSSR count). The van der Waals surface area contributed by atoms with Crippen molar-refractivity contribution in [3.63, 3.8) is 0 Å². The number of amidine groups is 1. The molecule has 214 valence electrons. The van der Waals surface area contributed by atoms with Crippen molar-refractivity contribution < 1.29 is 22.7 Å². The normalized spacial score (nSPS) is 20.9. The molecule has 3 amide bonds. The number of benzene rings is 3. The first-order valence-electron chi connectivity index (χ1n) is 13.6. The zero-order valence-electron chi connectivity index (χ0n) is 23.4. The molecular formula is C31H34N4O5S. The van der Waals surface area contributed by atoms with E-state index in [1.54, 1.807) is 47.9 Å². The number of anilines is 1. The van der Waals surface area contributed by atoms with Gasteiger partial charge in [0.25, 0.3) is 0 Å². The van der Waals surface area contributed by atoms with Crippen molar-refractivity contribution in [2.24, 2.45) is 10.7 Å². The van der Waals surface area contributed by atoms with Gasteiger partial charge in [-0.15, -0.1) is 0 Å². The number of amides is 3. The highest BCUT2D eigenvalue weighted by molar-refractivity contribution is 7.92. The lowest BCUT2D eigenvalue weighted by molar-refractivity contribution is 0.0644. The molecular weight excluding hydrogens is 540 g/mol. The van der Waals surface area contributed by atoms with E-state index < -0.39 is 32.8 Å². The lowest BCUT2D eigenvalue weighted by atomic mass is 9.81. The number of sulfone groups is 1. The molecule has 9 nitrogen and oxygen atoms in total. The maximum Gasteiger partial charge on any atom is 0.410 e. The fourth-order valence-electron chi connectivity index (χ4n) is 5.63. The van der Waals surface area contributed by atoms with Gasteiger partial charge in [0.1, 0.15) is 18.0 Å². The van der Waals surface area contributed by atoms with Gasteiger partial charge >= 0.3 is 12.1 Å². The van der Waals surface area contributed by atoms with E-state index in [0.29, 0.717) is 25.1 Å². The number of nitrogens with zero attached hydrogens (tertiary/aromatic N) is 3. The van der Waals surface area contributed by atoms with E-state index in [-0.39, 0.29) is 23.4 Å². The van der Waals surface area contributed by atoms with Crippen LogP contribution in [0.2, 0.25) is 0 Å². The summed E-state index contributed by atoms with van der Waals surface area (Å²) in [6, 6.07) is 22.9. The number of carbonyl (C=O) groups excluding carboxylic acids is 2. The number of ether oxygens (including phenoxy) is 1. The third kappa shape index (κ3) is 5.19. The third-order valence-electron chi connectivity index (χ3n) is 7.94. The van der Waals surface area contributed by atoms with Gasteiger partial charge in [-0.3, -0.25) is 4.90 Å². The minimum absolute atomic E-state index is 0.173. The first kappa shape index (κ1) is 28.4. The first-order valence-corrected chi connectivity index (χ1v) is 15.2. The first-order chi connectivity index (χ1) is 19.5. The summed E-state index contributed by atoms with van der Waals surface area (Å²) >= 11 is 0. The number of hydrogen-bond acceptors (Lipinski definition) is 6. The van der Waals surface area contributed by atoms with Crippen LogP contribution in [0.4, 0.5) is 15.3 Å². The van der Waals surface area contributed by atoms with Crippen molar-refractivity contribution in [3.05, 3.63) is 84.4 Å². The topological polar surface area (TPSA) is 122 Å². The maximum absolute atomic E-state index is 13.4. The summed E-state index contributed by atoms with van der Waals surface area (Å²) in [5, 5.41) is -0.536. The van der Waals surface area contributed by atoms with Crippen LogP contribution in [0, 0.1) is 0 Å². The number of rotatable bonds is 6. The van der Waals surface area contributed by atoms with Crippen LogP contribution in [-0.2, 0) is 21.2 Å². The average molecular weight is 575 g/mol. The molecule has 2 aliphatic heterocycles. The van der Waals surface area contributed by atoms with Crippen LogP contribution >= 0.6 is 0 Å². The number of hydrogen-bond donors (Lipinski definition) is 1. The van der Waals surface area contributed by atoms with Crippen LogP contribution in [0.5, 0.6) is 0 Å². The van der Waals surface area contributed by atoms with Crippen molar-refractivity contribution in [1.29, 1.82) is 0 Å². The lowest BCUT2D eigenvalue weighted by Crippen LogP contribution is -2.63. The van der Waals surface area contributed by atoms with Crippen LogP contribution < -0.4 is 10.6 Å². The van der Waals surface area contributed by atoms with E-state index in [2.05, 4.69) is 4.99 Å². The third-order valence-corrected chi connectivity index (χ3v) is 10.1. The van der Waals surface area contributed by atoms with Crippen LogP contribution in [0.15, 0.2) is 88.8 Å². The van der Waals surface area contributed by atoms with Gasteiger partial charge in [0, 0.05) is 18.2 Å². The molecule has 0 aliphatic carbocycles. The summed E-state index contributed by atoms with van der Waals surface area (Å²) < 4.78 is 30.8. The Morgan fingerprint density at radius 3 is 2.37 bits per heavy atom. The molecule has 3 aromatic carbocycles. The number of piperidine rings is 1. The van der Waals surface area contributed by atoms with E-state index in [0.717, 1.165) is 16.7 Å². The number of aliphatic imine (C=N–C) groups is 1. The fourth-order valence-corrected chi connectivity index (χ4v) is 6.69. The van der Waals surface area contributed by atoms with Gasteiger partial charge in [-0.05, 0) is 62.9 Å². The SMILES string of the molecule is CC(C)S(=O)(=O)c1ccc(-c2ccccc2N2C(=O)N=C(N)[C@]23CCN(C(=O)OCc2ccccc2)[C@@H](C)C3)cc1. The summed E-state index contributed by atoms with van der Waals surface area (Å²) in [4.78, 5) is 34.1. The second-order valence-electron chi connectivity index (χ2n) is 10.8. The van der Waals surface area contributed by atoms with E-state index in [4.69, 9.17) is 10.5 Å². The maximum atomic E-state index is 13.4. The Hall–Kier alpha value is -4.18. The molecule has 0 unspecified atom stereocenters. The van der Waals surface area contributed by atoms with E-state index >= 15 is 0 Å². The highest BCUT2D eigenvalue weighted by Crippen LogP contribution is 2.43. The minimum Gasteiger partial charge on any atom is -0.445 e. The van der Waals surface area contributed by atoms with Crippen molar-refractivity contribution in [3.8, 4) is 11.1 Å². The fraction of sp³-hybridized carbons (Fsp3) is 0.323. The standard InChI is InChI=1S/C31H34N4O5S/c1-21(2)41(38,39)25-15-13-24(14-16-25)26-11-7-8-12-27(26)35-29(36)33-28(32)31(35)17-18-34(22(3)19-31)30(37)40-20-23-9-5-4-6-10-23/h4-16,21-22H,17-20H2,1-3H3,(H2,32,33,36)/t22-,31+/m0/s1. The summed E-state index contributed by atoms with van der Waals surface area (Å²) in [7, 11) is -3.42. The predicted octanol–water partition coefficient (Wildman–Crippen LogP) is 5.39. The molecule has 2 atom stereocenters. The molecule has 0 aromatic heterocycles. The Morgan fingerprint density at radius 2 is 1.71 bits per heavy atom. The van der Waals surface area contributed by atoms with Crippen LogP contribution in [-0.4, -0.2) is 54.7 Å². The number of carbonyl (C=O) groups is 2. The molecule has 2 N–H and O–H groups in total. The molecule has 3 aromatic rings. The van der Waals surface area contributed by atoms with E-state index in [9.17, 15) is 18.0 Å². The monoisotopic (exact) mass is 574 g/mol. The van der Waals surface area contributed by atoms with Gasteiger partial charge < -0.3 is 15.4 Å². The molecule has 2 aliphatic rings. The molecule has 0 bridgehead atoms. The predicted molar refractivity (Wildman–Crippen MR) is 158 cm³/mol. The van der Waals surface area contributed by atoms with Gasteiger partial charge in [-0.1, -0.05) is 60.7 Å². The molecule has 0 saturated carbocycles. The van der Waals surface area contributed by atoms with Crippen LogP contribution in [0.25, 0.3) is 11.1 Å². The van der Waals surface area contributed by atoms with Crippen molar-refractivity contribution >= 4 is 33.5 Å². The summed E-state index contributed by atoms with van der Waals surface area (Å²) in [5.41, 5.74) is 8.56. The van der Waals surface area contributed by atoms with Crippen molar-refractivity contribution in [2.75, 3.05) is 11.4 Å². The summed E-state index contributed by atoms with van der Waals surface area (Å²) in [5.74, 6) is 0.222. The number of likely N-dealkylation sites (tertiary alicyclic amines) is 1. The molecule has 1 fully saturated rings. The Balaban J connectivity index is 1.41. The highest BCUT2D eigenvalue weighted by atomic mass is 32.2. The Labute approximate surface area is 240 Å².